The summed E-state index contributed by atoms with van der Waals surface area (Å²) < 4.78 is 18.0. The van der Waals surface area contributed by atoms with E-state index in [4.69, 9.17) is 14.2 Å². The highest BCUT2D eigenvalue weighted by Gasteiger charge is 2.43. The Morgan fingerprint density at radius 2 is 1.52 bits per heavy atom. The number of methoxy groups -OCH3 is 2. The van der Waals surface area contributed by atoms with Crippen molar-refractivity contribution >= 4 is 37.9 Å². The number of likely N-dealkylation sites (tertiary alicyclic amines) is 1. The molecular formula is C46H81N5O9Si. The number of benzene rings is 1. The van der Waals surface area contributed by atoms with Gasteiger partial charge in [0.15, 0.2) is 8.32 Å². The number of hydrogen-bond acceptors (Lipinski definition) is 10. The van der Waals surface area contributed by atoms with Gasteiger partial charge in [0.05, 0.1) is 48.7 Å². The molecule has 348 valence electrons. The molecule has 1 heterocycles. The average Bonchev–Trinajstić information content (AvgIpc) is 3.67. The Morgan fingerprint density at radius 1 is 0.902 bits per heavy atom. The second kappa shape index (κ2) is 25.1. The van der Waals surface area contributed by atoms with E-state index in [0.717, 1.165) is 18.4 Å². The zero-order valence-electron chi connectivity index (χ0n) is 40.0. The molecule has 3 N–H and O–H groups in total. The Hall–Kier alpha value is -3.37. The van der Waals surface area contributed by atoms with Crippen molar-refractivity contribution in [3.05, 3.63) is 35.9 Å². The Kier molecular flexibility index (Phi) is 22.1. The largest absolute Gasteiger partial charge is 0.455 e. The van der Waals surface area contributed by atoms with Crippen molar-refractivity contribution in [3.8, 4) is 0 Å². The monoisotopic (exact) mass is 876 g/mol. The van der Waals surface area contributed by atoms with Crippen LogP contribution < -0.4 is 10.6 Å². The van der Waals surface area contributed by atoms with Gasteiger partial charge in [0.25, 0.3) is 0 Å². The maximum Gasteiger partial charge on any atom is 0.306 e. The minimum absolute atomic E-state index is 0.00451. The minimum atomic E-state index is -2.31. The molecule has 0 unspecified atom stereocenters. The van der Waals surface area contributed by atoms with E-state index < -0.39 is 62.7 Å². The van der Waals surface area contributed by atoms with Crippen LogP contribution in [-0.4, -0.2) is 142 Å². The highest BCUT2D eigenvalue weighted by Crippen LogP contribution is 2.31. The van der Waals surface area contributed by atoms with Gasteiger partial charge in [0, 0.05) is 34.2 Å². The third-order valence-corrected chi connectivity index (χ3v) is 13.9. The molecule has 0 bridgehead atoms. The van der Waals surface area contributed by atoms with Crippen LogP contribution in [0.1, 0.15) is 106 Å². The molecule has 1 aromatic rings. The average molecular weight is 876 g/mol. The Labute approximate surface area is 368 Å². The SMILES string of the molecule is CC[C@H](C)[C@@H]([C@@H](CC(=O)N1CCC[C@H]1[C@H](OC)[C@@H](C)C(=O)N[C@H](C)[C@@H](OC(=O)CCC[Si](C)(C)O)c1ccccc1)OC)N(C)C(=O)[C@@H](NC(=O)[C@H](C(C)C)N(C)C)C(C)C. The highest BCUT2D eigenvalue weighted by atomic mass is 28.4. The number of ether oxygens (including phenoxy) is 3. The summed E-state index contributed by atoms with van der Waals surface area (Å²) in [5.74, 6) is -2.18. The van der Waals surface area contributed by atoms with Gasteiger partial charge in [-0.3, -0.25) is 28.9 Å². The van der Waals surface area contributed by atoms with E-state index in [-0.39, 0.29) is 60.3 Å². The van der Waals surface area contributed by atoms with Gasteiger partial charge in [0.2, 0.25) is 23.6 Å². The van der Waals surface area contributed by atoms with Gasteiger partial charge < -0.3 is 39.4 Å². The molecular weight excluding hydrogens is 795 g/mol. The van der Waals surface area contributed by atoms with E-state index in [1.165, 1.54) is 0 Å². The number of likely N-dealkylation sites (N-methyl/N-ethyl adjacent to an activating group) is 2. The fraction of sp³-hybridized carbons (Fsp3) is 0.761. The highest BCUT2D eigenvalue weighted by molar-refractivity contribution is 6.69. The summed E-state index contributed by atoms with van der Waals surface area (Å²) in [5.41, 5.74) is 0.744. The second-order valence-corrected chi connectivity index (χ2v) is 22.9. The standard InChI is InChI=1S/C46H81N5O9Si/c1-16-31(6)41(50(11)46(56)39(29(2)3)48-45(55)40(30(4)5)49(9)10)36(58-12)28-37(52)51-26-20-24-35(51)42(59-13)32(7)44(54)47-33(8)43(34-22-18-17-19-23-34)60-38(53)25-21-27-61(14,15)57/h17-19,22-23,29-33,35-36,39-43,57H,16,20-21,24-28H2,1-15H3,(H,47,54)(H,48,55)/t31-,32+,33+,35-,36+,39-,40-,41-,42+,43+/m0/s1. The predicted molar refractivity (Wildman–Crippen MR) is 242 cm³/mol. The van der Waals surface area contributed by atoms with Crippen LogP contribution in [0.25, 0.3) is 0 Å². The third-order valence-electron chi connectivity index (χ3n) is 12.3. The van der Waals surface area contributed by atoms with Gasteiger partial charge in [-0.1, -0.05) is 85.2 Å². The number of nitrogens with zero attached hydrogens (tertiary/aromatic N) is 3. The lowest BCUT2D eigenvalue weighted by atomic mass is 9.89. The molecule has 10 atom stereocenters. The smallest absolute Gasteiger partial charge is 0.306 e. The van der Waals surface area contributed by atoms with E-state index in [1.54, 1.807) is 44.9 Å². The lowest BCUT2D eigenvalue weighted by molar-refractivity contribution is -0.152. The number of carbonyl (C=O) groups excluding carboxylic acids is 5. The zero-order chi connectivity index (χ0) is 46.4. The quantitative estimate of drug-likeness (QED) is 0.0856. The minimum Gasteiger partial charge on any atom is -0.455 e. The van der Waals surface area contributed by atoms with Crippen LogP contribution in [0.4, 0.5) is 0 Å². The van der Waals surface area contributed by atoms with Crippen molar-refractivity contribution in [2.24, 2.45) is 23.7 Å². The molecule has 0 aliphatic carbocycles. The van der Waals surface area contributed by atoms with Crippen LogP contribution in [0.2, 0.25) is 19.1 Å². The molecule has 0 aromatic heterocycles. The van der Waals surface area contributed by atoms with Crippen molar-refractivity contribution in [3.63, 3.8) is 0 Å². The van der Waals surface area contributed by atoms with Gasteiger partial charge >= 0.3 is 5.97 Å². The van der Waals surface area contributed by atoms with Crippen LogP contribution in [-0.2, 0) is 38.2 Å². The first-order chi connectivity index (χ1) is 28.5. The first-order valence-corrected chi connectivity index (χ1v) is 25.5. The number of rotatable bonds is 25. The van der Waals surface area contributed by atoms with E-state index in [9.17, 15) is 28.8 Å². The summed E-state index contributed by atoms with van der Waals surface area (Å²) in [6, 6.07) is 7.24. The van der Waals surface area contributed by atoms with E-state index >= 15 is 0 Å². The summed E-state index contributed by atoms with van der Waals surface area (Å²) >= 11 is 0. The summed E-state index contributed by atoms with van der Waals surface area (Å²) in [6.07, 6.45) is 0.753. The Morgan fingerprint density at radius 3 is 2.03 bits per heavy atom. The summed E-state index contributed by atoms with van der Waals surface area (Å²) in [5, 5.41) is 6.11. The van der Waals surface area contributed by atoms with E-state index in [2.05, 4.69) is 10.6 Å². The first kappa shape index (κ1) is 53.8. The van der Waals surface area contributed by atoms with Crippen molar-refractivity contribution in [1.82, 2.24) is 25.3 Å². The van der Waals surface area contributed by atoms with Crippen molar-refractivity contribution in [1.29, 1.82) is 0 Å². The van der Waals surface area contributed by atoms with Crippen LogP contribution in [0.15, 0.2) is 30.3 Å². The van der Waals surface area contributed by atoms with Crippen molar-refractivity contribution in [2.45, 2.75) is 162 Å². The predicted octanol–water partition coefficient (Wildman–Crippen LogP) is 5.40. The normalized spacial score (nSPS) is 19.1. The number of nitrogens with one attached hydrogen (secondary N) is 2. The van der Waals surface area contributed by atoms with Crippen molar-refractivity contribution in [2.75, 3.05) is 41.9 Å². The Balaban J connectivity index is 2.28. The van der Waals surface area contributed by atoms with Gasteiger partial charge in [-0.15, -0.1) is 0 Å². The molecule has 14 nitrogen and oxygen atoms in total. The zero-order valence-corrected chi connectivity index (χ0v) is 41.0. The third kappa shape index (κ3) is 15.7. The molecule has 1 fully saturated rings. The molecule has 1 aliphatic heterocycles. The van der Waals surface area contributed by atoms with Gasteiger partial charge in [-0.2, -0.15) is 0 Å². The Bertz CT molecular complexity index is 1530. The maximum absolute atomic E-state index is 14.4. The van der Waals surface area contributed by atoms with Gasteiger partial charge in [-0.25, -0.2) is 0 Å². The van der Waals surface area contributed by atoms with E-state index in [0.29, 0.717) is 25.4 Å². The molecule has 4 amide bonds. The van der Waals surface area contributed by atoms with Crippen molar-refractivity contribution < 1.29 is 43.0 Å². The summed E-state index contributed by atoms with van der Waals surface area (Å²) in [4.78, 5) is 84.7. The lowest BCUT2D eigenvalue weighted by Gasteiger charge is -2.41. The number of hydrogen-bond donors (Lipinski definition) is 3. The van der Waals surface area contributed by atoms with Gasteiger partial charge in [0.1, 0.15) is 12.1 Å². The summed E-state index contributed by atoms with van der Waals surface area (Å²) in [6.45, 7) is 19.6. The molecule has 1 aliphatic rings. The number of carbonyl (C=O) groups is 5. The fourth-order valence-electron chi connectivity index (χ4n) is 8.81. The molecule has 1 saturated heterocycles. The first-order valence-electron chi connectivity index (χ1n) is 22.4. The molecule has 61 heavy (non-hydrogen) atoms. The molecule has 15 heteroatoms. The number of esters is 1. The van der Waals surface area contributed by atoms with E-state index in [1.807, 2.05) is 104 Å². The molecule has 2 rings (SSSR count). The van der Waals surface area contributed by atoms with Crippen LogP contribution in [0.5, 0.6) is 0 Å². The molecule has 1 aromatic carbocycles. The fourth-order valence-corrected chi connectivity index (χ4v) is 9.85. The summed E-state index contributed by atoms with van der Waals surface area (Å²) in [7, 11) is 6.23. The lowest BCUT2D eigenvalue weighted by Crippen LogP contribution is -2.59. The molecule has 0 saturated carbocycles. The van der Waals surface area contributed by atoms with Gasteiger partial charge in [-0.05, 0) is 82.7 Å². The maximum atomic E-state index is 14.4. The molecule has 0 radical (unpaired) electrons. The second-order valence-electron chi connectivity index (χ2n) is 18.8. The number of amides is 4. The topological polar surface area (TPSA) is 167 Å². The molecule has 0 spiro atoms. The van der Waals surface area contributed by atoms with Crippen LogP contribution in [0, 0.1) is 23.7 Å². The van der Waals surface area contributed by atoms with Crippen LogP contribution >= 0.6 is 0 Å². The van der Waals surface area contributed by atoms with Crippen LogP contribution in [0.3, 0.4) is 0 Å².